The summed E-state index contributed by atoms with van der Waals surface area (Å²) in [6, 6.07) is 10.4. The molecule has 0 atom stereocenters. The molecule has 1 fully saturated rings. The van der Waals surface area contributed by atoms with Gasteiger partial charge in [-0.3, -0.25) is 9.69 Å². The summed E-state index contributed by atoms with van der Waals surface area (Å²) in [5.74, 6) is 0.0184. The normalized spacial score (nSPS) is 15.1. The zero-order valence-corrected chi connectivity index (χ0v) is 16.8. The smallest absolute Gasteiger partial charge is 0.278 e. The Balaban J connectivity index is 1.73. The summed E-state index contributed by atoms with van der Waals surface area (Å²) in [7, 11) is 0. The molecule has 0 spiro atoms. The summed E-state index contributed by atoms with van der Waals surface area (Å²) >= 11 is 0. The summed E-state index contributed by atoms with van der Waals surface area (Å²) < 4.78 is 6.71. The van der Waals surface area contributed by atoms with Crippen molar-refractivity contribution < 1.29 is 4.74 Å². The van der Waals surface area contributed by atoms with E-state index in [1.54, 1.807) is 0 Å². The highest BCUT2D eigenvalue weighted by Gasteiger charge is 2.19. The number of aromatic nitrogens is 3. The first-order valence-corrected chi connectivity index (χ1v) is 10.0. The number of nitrogens with one attached hydrogen (secondary N) is 1. The van der Waals surface area contributed by atoms with Crippen LogP contribution in [0.3, 0.4) is 0 Å². The van der Waals surface area contributed by atoms with Crippen LogP contribution in [0.5, 0.6) is 0 Å². The number of nitrogens with zero attached hydrogens (tertiary/aromatic N) is 4. The molecule has 0 aliphatic carbocycles. The van der Waals surface area contributed by atoms with Gasteiger partial charge in [0.05, 0.1) is 25.1 Å². The Kier molecular flexibility index (Phi) is 5.47. The fourth-order valence-electron chi connectivity index (χ4n) is 3.87. The number of ether oxygens (including phenoxy) is 1. The van der Waals surface area contributed by atoms with Crippen LogP contribution in [0.1, 0.15) is 36.5 Å². The van der Waals surface area contributed by atoms with Crippen LogP contribution in [0.15, 0.2) is 35.3 Å². The predicted octanol–water partition coefficient (Wildman–Crippen LogP) is 2.56. The third kappa shape index (κ3) is 3.82. The maximum atomic E-state index is 13.1. The van der Waals surface area contributed by atoms with Gasteiger partial charge in [0, 0.05) is 25.2 Å². The molecule has 7 nitrogen and oxygen atoms in total. The number of nitriles is 1. The van der Waals surface area contributed by atoms with Crippen molar-refractivity contribution in [3.8, 4) is 17.3 Å². The summed E-state index contributed by atoms with van der Waals surface area (Å²) in [4.78, 5) is 18.8. The van der Waals surface area contributed by atoms with Crippen LogP contribution in [0.25, 0.3) is 16.9 Å². The monoisotopic (exact) mass is 391 g/mol. The van der Waals surface area contributed by atoms with Crippen molar-refractivity contribution in [2.75, 3.05) is 32.8 Å². The molecule has 0 saturated carbocycles. The summed E-state index contributed by atoms with van der Waals surface area (Å²) in [6.07, 6.45) is 2.37. The lowest BCUT2D eigenvalue weighted by Gasteiger charge is -2.26. The molecule has 3 aromatic rings. The fraction of sp³-hybridized carbons (Fsp3) is 0.409. The van der Waals surface area contributed by atoms with Crippen LogP contribution in [0, 0.1) is 11.3 Å². The molecule has 1 aromatic carbocycles. The molecule has 0 radical (unpaired) electrons. The van der Waals surface area contributed by atoms with E-state index in [1.807, 2.05) is 26.0 Å². The molecule has 3 heterocycles. The van der Waals surface area contributed by atoms with E-state index < -0.39 is 0 Å². The Hall–Kier alpha value is -2.95. The minimum Gasteiger partial charge on any atom is -0.379 e. The summed E-state index contributed by atoms with van der Waals surface area (Å²) in [5, 5.41) is 13.5. The lowest BCUT2D eigenvalue weighted by atomic mass is 9.96. The van der Waals surface area contributed by atoms with Crippen LogP contribution >= 0.6 is 0 Å². The lowest BCUT2D eigenvalue weighted by Crippen LogP contribution is -2.37. The highest BCUT2D eigenvalue weighted by Crippen LogP contribution is 2.27. The quantitative estimate of drug-likeness (QED) is 0.722. The maximum Gasteiger partial charge on any atom is 0.278 e. The highest BCUT2D eigenvalue weighted by atomic mass is 16.5. The molecule has 1 aliphatic heterocycles. The summed E-state index contributed by atoms with van der Waals surface area (Å²) in [6.45, 7) is 8.52. The minimum atomic E-state index is -0.177. The zero-order valence-electron chi connectivity index (χ0n) is 16.8. The SMILES string of the molecule is CC(C)c1c(-c2cccc(CCN3CCOCC3)c2)[nH]c2c(C#N)cnn2c1=O. The number of H-pyrrole nitrogens is 1. The van der Waals surface area contributed by atoms with Gasteiger partial charge in [-0.2, -0.15) is 14.9 Å². The molecule has 150 valence electrons. The van der Waals surface area contributed by atoms with E-state index in [1.165, 1.54) is 16.3 Å². The molecule has 4 rings (SSSR count). The van der Waals surface area contributed by atoms with Crippen LogP contribution < -0.4 is 5.56 Å². The highest BCUT2D eigenvalue weighted by molar-refractivity contribution is 5.68. The Morgan fingerprint density at radius 2 is 2.10 bits per heavy atom. The Morgan fingerprint density at radius 3 is 2.83 bits per heavy atom. The zero-order chi connectivity index (χ0) is 20.4. The van der Waals surface area contributed by atoms with E-state index in [2.05, 4.69) is 33.2 Å². The standard InChI is InChI=1S/C22H25N5O2/c1-15(2)19-20(25-21-18(13-23)14-24-27(21)22(19)28)17-5-3-4-16(12-17)6-7-26-8-10-29-11-9-26/h3-5,12,14-15,25H,6-11H2,1-2H3. The van der Waals surface area contributed by atoms with E-state index in [4.69, 9.17) is 4.74 Å². The van der Waals surface area contributed by atoms with Crippen LogP contribution in [0.2, 0.25) is 0 Å². The average molecular weight is 391 g/mol. The van der Waals surface area contributed by atoms with Crippen molar-refractivity contribution in [2.24, 2.45) is 0 Å². The van der Waals surface area contributed by atoms with Crippen molar-refractivity contribution in [3.63, 3.8) is 0 Å². The van der Waals surface area contributed by atoms with Crippen molar-refractivity contribution >= 4 is 5.65 Å². The number of hydrogen-bond acceptors (Lipinski definition) is 5. The molecule has 1 N–H and O–H groups in total. The minimum absolute atomic E-state index is 0.0184. The van der Waals surface area contributed by atoms with Gasteiger partial charge < -0.3 is 9.72 Å². The second-order valence-corrected chi connectivity index (χ2v) is 7.71. The predicted molar refractivity (Wildman–Crippen MR) is 111 cm³/mol. The topological polar surface area (TPSA) is 86.4 Å². The number of benzene rings is 1. The number of fused-ring (bicyclic) bond motifs is 1. The Labute approximate surface area is 169 Å². The largest absolute Gasteiger partial charge is 0.379 e. The second-order valence-electron chi connectivity index (χ2n) is 7.71. The average Bonchev–Trinajstić information content (AvgIpc) is 3.16. The lowest BCUT2D eigenvalue weighted by molar-refractivity contribution is 0.0384. The third-order valence-corrected chi connectivity index (χ3v) is 5.44. The molecule has 0 amide bonds. The molecule has 1 aliphatic rings. The molecule has 29 heavy (non-hydrogen) atoms. The van der Waals surface area contributed by atoms with E-state index in [0.29, 0.717) is 16.8 Å². The Morgan fingerprint density at radius 1 is 1.31 bits per heavy atom. The first-order chi connectivity index (χ1) is 14.1. The van der Waals surface area contributed by atoms with E-state index in [0.717, 1.165) is 50.5 Å². The van der Waals surface area contributed by atoms with Crippen molar-refractivity contribution in [1.82, 2.24) is 19.5 Å². The number of rotatable bonds is 5. The Bertz CT molecular complexity index is 1120. The fourth-order valence-corrected chi connectivity index (χ4v) is 3.87. The van der Waals surface area contributed by atoms with Gasteiger partial charge in [0.2, 0.25) is 0 Å². The maximum absolute atomic E-state index is 13.1. The second kappa shape index (κ2) is 8.19. The first kappa shape index (κ1) is 19.4. The summed E-state index contributed by atoms with van der Waals surface area (Å²) in [5.41, 5.74) is 4.25. The molecule has 7 heteroatoms. The molecular formula is C22H25N5O2. The van der Waals surface area contributed by atoms with Crippen LogP contribution in [0.4, 0.5) is 0 Å². The van der Waals surface area contributed by atoms with Crippen LogP contribution in [-0.4, -0.2) is 52.3 Å². The van der Waals surface area contributed by atoms with Crippen molar-refractivity contribution in [2.45, 2.75) is 26.2 Å². The van der Waals surface area contributed by atoms with Crippen molar-refractivity contribution in [3.05, 3.63) is 57.5 Å². The van der Waals surface area contributed by atoms with Crippen molar-refractivity contribution in [1.29, 1.82) is 5.26 Å². The van der Waals surface area contributed by atoms with Crippen LogP contribution in [-0.2, 0) is 11.2 Å². The van der Waals surface area contributed by atoms with Gasteiger partial charge in [-0.1, -0.05) is 32.0 Å². The molecule has 2 aromatic heterocycles. The number of morpholine rings is 1. The van der Waals surface area contributed by atoms with Gasteiger partial charge in [0.25, 0.3) is 5.56 Å². The van der Waals surface area contributed by atoms with E-state index in [9.17, 15) is 10.1 Å². The van der Waals surface area contributed by atoms with Gasteiger partial charge in [0.15, 0.2) is 5.65 Å². The molecule has 0 unspecified atom stereocenters. The molecule has 1 saturated heterocycles. The van der Waals surface area contributed by atoms with E-state index >= 15 is 0 Å². The number of hydrogen-bond donors (Lipinski definition) is 1. The third-order valence-electron chi connectivity index (χ3n) is 5.44. The molecule has 0 bridgehead atoms. The van der Waals surface area contributed by atoms with E-state index in [-0.39, 0.29) is 11.5 Å². The van der Waals surface area contributed by atoms with Gasteiger partial charge in [-0.05, 0) is 29.5 Å². The first-order valence-electron chi connectivity index (χ1n) is 10.0. The number of aromatic amines is 1. The van der Waals surface area contributed by atoms with Gasteiger partial charge in [-0.25, -0.2) is 0 Å². The van der Waals surface area contributed by atoms with Gasteiger partial charge >= 0.3 is 0 Å². The van der Waals surface area contributed by atoms with Gasteiger partial charge in [0.1, 0.15) is 11.6 Å². The van der Waals surface area contributed by atoms with Gasteiger partial charge in [-0.15, -0.1) is 0 Å². The molecular weight excluding hydrogens is 366 g/mol.